The molecule has 0 N–H and O–H groups in total. The minimum atomic E-state index is -4.85. The number of pyridine rings is 1. The van der Waals surface area contributed by atoms with E-state index < -0.39 is 28.4 Å². The maximum absolute atomic E-state index is 12.5. The molecule has 0 amide bonds. The molecule has 12 heteroatoms. The summed E-state index contributed by atoms with van der Waals surface area (Å²) in [7, 11) is 0. The SMILES string of the molecule is O=S([O-])C(c1ccc(OC(F)(F)F)cc1)c1cc(N2CCOCC2)nc(-c2ccccn2)n1. The van der Waals surface area contributed by atoms with E-state index in [-0.39, 0.29) is 17.1 Å². The molecule has 8 nitrogen and oxygen atoms in total. The summed E-state index contributed by atoms with van der Waals surface area (Å²) in [5, 5.41) is -1.24. The molecule has 4 rings (SSSR count). The van der Waals surface area contributed by atoms with E-state index in [1.807, 2.05) is 4.90 Å². The highest BCUT2D eigenvalue weighted by Crippen LogP contribution is 2.32. The molecular weight excluding hydrogens is 461 g/mol. The normalized spacial score (nSPS) is 16.3. The minimum absolute atomic E-state index is 0.171. The average molecular weight is 479 g/mol. The molecule has 1 saturated heterocycles. The predicted octanol–water partition coefficient (Wildman–Crippen LogP) is 3.24. The van der Waals surface area contributed by atoms with Gasteiger partial charge in [0, 0.05) is 25.4 Å². The molecule has 2 aromatic heterocycles. The van der Waals surface area contributed by atoms with E-state index in [2.05, 4.69) is 19.7 Å². The zero-order valence-electron chi connectivity index (χ0n) is 17.1. The first kappa shape index (κ1) is 23.1. The van der Waals surface area contributed by atoms with Gasteiger partial charge in [0.05, 0.1) is 24.2 Å². The smallest absolute Gasteiger partial charge is 0.573 e. The number of ether oxygens (including phenoxy) is 2. The summed E-state index contributed by atoms with van der Waals surface area (Å²) in [4.78, 5) is 15.2. The number of hydrogen-bond acceptors (Lipinski definition) is 8. The van der Waals surface area contributed by atoms with Crippen LogP contribution in [0.4, 0.5) is 19.0 Å². The monoisotopic (exact) mass is 479 g/mol. The quantitative estimate of drug-likeness (QED) is 0.497. The molecule has 2 unspecified atom stereocenters. The summed E-state index contributed by atoms with van der Waals surface area (Å²) in [6.45, 7) is 2.12. The van der Waals surface area contributed by atoms with Crippen LogP contribution in [0.1, 0.15) is 16.5 Å². The highest BCUT2D eigenvalue weighted by atomic mass is 32.2. The molecule has 2 atom stereocenters. The lowest BCUT2D eigenvalue weighted by Gasteiger charge is -2.29. The average Bonchev–Trinajstić information content (AvgIpc) is 2.80. The first-order valence-electron chi connectivity index (χ1n) is 9.87. The van der Waals surface area contributed by atoms with Crippen LogP contribution in [0.5, 0.6) is 5.75 Å². The second-order valence-electron chi connectivity index (χ2n) is 7.05. The zero-order valence-corrected chi connectivity index (χ0v) is 17.9. The van der Waals surface area contributed by atoms with Crippen molar-refractivity contribution in [2.75, 3.05) is 31.2 Å². The van der Waals surface area contributed by atoms with Gasteiger partial charge < -0.3 is 18.9 Å². The summed E-state index contributed by atoms with van der Waals surface area (Å²) < 4.78 is 71.1. The fraction of sp³-hybridized carbons (Fsp3) is 0.286. The van der Waals surface area contributed by atoms with Crippen LogP contribution < -0.4 is 9.64 Å². The number of aromatic nitrogens is 3. The number of benzene rings is 1. The Bertz CT molecular complexity index is 1110. The molecule has 1 aromatic carbocycles. The van der Waals surface area contributed by atoms with Gasteiger partial charge in [0.2, 0.25) is 0 Å². The van der Waals surface area contributed by atoms with Gasteiger partial charge in [-0.05, 0) is 40.9 Å². The Kier molecular flexibility index (Phi) is 6.86. The molecule has 1 aliphatic heterocycles. The zero-order chi connectivity index (χ0) is 23.4. The van der Waals surface area contributed by atoms with Gasteiger partial charge in [-0.15, -0.1) is 13.2 Å². The molecule has 1 aliphatic rings. The van der Waals surface area contributed by atoms with Crippen molar-refractivity contribution in [3.8, 4) is 17.3 Å². The number of nitrogens with zero attached hydrogens (tertiary/aromatic N) is 4. The number of halogens is 3. The van der Waals surface area contributed by atoms with Crippen molar-refractivity contribution >= 4 is 16.9 Å². The Morgan fingerprint density at radius 2 is 1.82 bits per heavy atom. The van der Waals surface area contributed by atoms with E-state index in [0.717, 1.165) is 12.1 Å². The Morgan fingerprint density at radius 1 is 1.09 bits per heavy atom. The molecule has 174 valence electrons. The van der Waals surface area contributed by atoms with E-state index in [9.17, 15) is 21.9 Å². The fourth-order valence-electron chi connectivity index (χ4n) is 3.38. The third-order valence-electron chi connectivity index (χ3n) is 4.84. The molecule has 3 aromatic rings. The van der Waals surface area contributed by atoms with Gasteiger partial charge in [0.1, 0.15) is 17.3 Å². The first-order valence-corrected chi connectivity index (χ1v) is 11.0. The van der Waals surface area contributed by atoms with Crippen molar-refractivity contribution in [3.05, 3.63) is 66.0 Å². The van der Waals surface area contributed by atoms with E-state index in [0.29, 0.717) is 37.8 Å². The number of morpholine rings is 1. The van der Waals surface area contributed by atoms with Crippen LogP contribution >= 0.6 is 0 Å². The molecule has 3 heterocycles. The van der Waals surface area contributed by atoms with Crippen LogP contribution in [0.3, 0.4) is 0 Å². The number of hydrogen-bond donors (Lipinski definition) is 0. The molecule has 0 bridgehead atoms. The lowest BCUT2D eigenvalue weighted by Crippen LogP contribution is -2.37. The van der Waals surface area contributed by atoms with Crippen molar-refractivity contribution in [1.82, 2.24) is 15.0 Å². The van der Waals surface area contributed by atoms with Crippen LogP contribution in [0.25, 0.3) is 11.5 Å². The van der Waals surface area contributed by atoms with Gasteiger partial charge in [-0.2, -0.15) is 0 Å². The standard InChI is InChI=1S/C21H19F3N4O4S/c22-21(23,24)32-15-6-4-14(5-7-15)19(33(29)30)17-13-18(28-9-11-31-12-10-28)27-20(26-17)16-3-1-2-8-25-16/h1-8,13,19H,9-12H2,(H,29,30)/p-1. The van der Waals surface area contributed by atoms with Gasteiger partial charge in [0.25, 0.3) is 0 Å². The largest absolute Gasteiger partial charge is 0.772 e. The highest BCUT2D eigenvalue weighted by molar-refractivity contribution is 7.79. The number of rotatable bonds is 6. The molecule has 1 fully saturated rings. The first-order chi connectivity index (χ1) is 15.8. The topological polar surface area (TPSA) is 100 Å². The Balaban J connectivity index is 1.76. The van der Waals surface area contributed by atoms with Crippen molar-refractivity contribution < 1.29 is 31.4 Å². The molecule has 0 aliphatic carbocycles. The van der Waals surface area contributed by atoms with Crippen molar-refractivity contribution in [1.29, 1.82) is 0 Å². The van der Waals surface area contributed by atoms with Crippen LogP contribution in [0.2, 0.25) is 0 Å². The molecule has 0 radical (unpaired) electrons. The lowest BCUT2D eigenvalue weighted by atomic mass is 10.1. The predicted molar refractivity (Wildman–Crippen MR) is 112 cm³/mol. The van der Waals surface area contributed by atoms with Gasteiger partial charge in [-0.3, -0.25) is 9.19 Å². The molecule has 0 spiro atoms. The molecule has 33 heavy (non-hydrogen) atoms. The van der Waals surface area contributed by atoms with Crippen molar-refractivity contribution in [2.24, 2.45) is 0 Å². The second-order valence-corrected chi connectivity index (χ2v) is 8.04. The Labute approximate surface area is 189 Å². The van der Waals surface area contributed by atoms with Crippen LogP contribution in [-0.4, -0.2) is 56.4 Å². The maximum Gasteiger partial charge on any atom is 0.573 e. The van der Waals surface area contributed by atoms with Crippen LogP contribution in [0, 0.1) is 0 Å². The third-order valence-corrected chi connectivity index (χ3v) is 5.74. The Hall–Kier alpha value is -3.09. The van der Waals surface area contributed by atoms with Gasteiger partial charge >= 0.3 is 6.36 Å². The summed E-state index contributed by atoms with van der Waals surface area (Å²) >= 11 is -2.68. The number of alkyl halides is 3. The van der Waals surface area contributed by atoms with Gasteiger partial charge in [-0.1, -0.05) is 18.2 Å². The summed E-state index contributed by atoms with van der Waals surface area (Å²) in [6.07, 6.45) is -3.28. The van der Waals surface area contributed by atoms with E-state index in [1.165, 1.54) is 12.1 Å². The lowest BCUT2D eigenvalue weighted by molar-refractivity contribution is -0.274. The van der Waals surface area contributed by atoms with Crippen LogP contribution in [-0.2, 0) is 15.8 Å². The van der Waals surface area contributed by atoms with Crippen molar-refractivity contribution in [2.45, 2.75) is 11.6 Å². The van der Waals surface area contributed by atoms with Gasteiger partial charge in [0.15, 0.2) is 5.82 Å². The maximum atomic E-state index is 12.5. The third kappa shape index (κ3) is 5.83. The van der Waals surface area contributed by atoms with Gasteiger partial charge in [-0.25, -0.2) is 9.97 Å². The van der Waals surface area contributed by atoms with Crippen molar-refractivity contribution in [3.63, 3.8) is 0 Å². The van der Waals surface area contributed by atoms with E-state index >= 15 is 0 Å². The summed E-state index contributed by atoms with van der Waals surface area (Å²) in [5.74, 6) is 0.297. The summed E-state index contributed by atoms with van der Waals surface area (Å²) in [5.41, 5.74) is 0.861. The second kappa shape index (κ2) is 9.81. The Morgan fingerprint density at radius 3 is 2.42 bits per heavy atom. The fourth-order valence-corrected chi connectivity index (χ4v) is 4.07. The molecular formula is C21H18F3N4O4S-. The van der Waals surface area contributed by atoms with Crippen LogP contribution in [0.15, 0.2) is 54.7 Å². The summed E-state index contributed by atoms with van der Waals surface area (Å²) in [6, 6.07) is 11.4. The number of anilines is 1. The minimum Gasteiger partial charge on any atom is -0.772 e. The highest BCUT2D eigenvalue weighted by Gasteiger charge is 2.31. The van der Waals surface area contributed by atoms with E-state index in [1.54, 1.807) is 30.5 Å². The van der Waals surface area contributed by atoms with E-state index in [4.69, 9.17) is 4.74 Å². The molecule has 0 saturated carbocycles.